The summed E-state index contributed by atoms with van der Waals surface area (Å²) in [6.45, 7) is 7.32. The third-order valence-corrected chi connectivity index (χ3v) is 15.1. The van der Waals surface area contributed by atoms with Crippen LogP contribution in [0.1, 0.15) is 107 Å². The van der Waals surface area contributed by atoms with E-state index in [-0.39, 0.29) is 43.5 Å². The second-order valence-corrected chi connectivity index (χ2v) is 19.2. The van der Waals surface area contributed by atoms with Crippen LogP contribution in [0.3, 0.4) is 0 Å². The minimum absolute atomic E-state index is 0.0824. The van der Waals surface area contributed by atoms with Crippen LogP contribution in [0.25, 0.3) is 10.8 Å². The van der Waals surface area contributed by atoms with E-state index < -0.39 is 17.7 Å². The molecule has 65 heavy (non-hydrogen) atoms. The largest absolute Gasteiger partial charge is 0.459 e. The molecule has 1 aliphatic heterocycles. The molecular formula is C55H68N2O7S. The number of carbonyl (C=O) groups excluding carboxylic acids is 1. The third-order valence-electron chi connectivity index (χ3n) is 14.4. The fourth-order valence-electron chi connectivity index (χ4n) is 11.4. The molecular weight excluding hydrogens is 833 g/mol. The Morgan fingerprint density at radius 1 is 0.938 bits per heavy atom. The Kier molecular flexibility index (Phi) is 16.1. The first-order chi connectivity index (χ1) is 31.9. The molecule has 6 atom stereocenters. The molecule has 1 amide bonds. The van der Waals surface area contributed by atoms with Gasteiger partial charge >= 0.3 is 0 Å². The summed E-state index contributed by atoms with van der Waals surface area (Å²) < 4.78 is 21.5. The lowest BCUT2D eigenvalue weighted by atomic mass is 9.55. The van der Waals surface area contributed by atoms with Gasteiger partial charge in [0.05, 0.1) is 18.2 Å². The molecule has 4 aliphatic rings. The molecule has 0 saturated heterocycles. The molecule has 2 fully saturated rings. The summed E-state index contributed by atoms with van der Waals surface area (Å²) in [5, 5.41) is 27.2. The average Bonchev–Trinajstić information content (AvgIpc) is 3.87. The first kappa shape index (κ1) is 46.9. The molecule has 4 aromatic carbocycles. The highest BCUT2D eigenvalue weighted by molar-refractivity contribution is 7.98. The van der Waals surface area contributed by atoms with Crippen LogP contribution in [-0.4, -0.2) is 71.2 Å². The van der Waals surface area contributed by atoms with E-state index in [0.717, 1.165) is 75.9 Å². The number of carbonyl (C=O) groups is 1. The van der Waals surface area contributed by atoms with Gasteiger partial charge in [0.25, 0.3) is 0 Å². The van der Waals surface area contributed by atoms with Gasteiger partial charge in [-0.25, -0.2) is 0 Å². The van der Waals surface area contributed by atoms with Crippen LogP contribution in [0.2, 0.25) is 0 Å². The number of aliphatic hydroxyl groups excluding tert-OH is 2. The van der Waals surface area contributed by atoms with Gasteiger partial charge in [-0.05, 0) is 127 Å². The molecule has 0 radical (unpaired) electrons. The molecule has 9 nitrogen and oxygen atoms in total. The number of nitrogens with zero attached hydrogens (tertiary/aromatic N) is 2. The molecule has 10 heteroatoms. The van der Waals surface area contributed by atoms with Gasteiger partial charge in [0, 0.05) is 49.0 Å². The maximum Gasteiger partial charge on any atom is 0.239 e. The van der Waals surface area contributed by atoms with Crippen LogP contribution in [0.5, 0.6) is 17.2 Å². The maximum atomic E-state index is 15.4. The predicted molar refractivity (Wildman–Crippen MR) is 261 cm³/mol. The minimum atomic E-state index is -1.34. The van der Waals surface area contributed by atoms with Crippen LogP contribution in [-0.2, 0) is 20.9 Å². The summed E-state index contributed by atoms with van der Waals surface area (Å²) in [4.78, 5) is 24.6. The second kappa shape index (κ2) is 22.3. The topological polar surface area (TPSA) is 110 Å². The SMILES string of the molecule is C=CCOC12Oc3ccc(Oc4ccc(SC)cc4)cc3C3C(CCCCO)C(CCCCO)C=C(C(=NOCC)CC1N(Cc1cccc4ccccc14)C(=O)CCC1CCCC1)C32. The van der Waals surface area contributed by atoms with Crippen molar-refractivity contribution in [2.24, 2.45) is 28.8 Å². The van der Waals surface area contributed by atoms with E-state index in [9.17, 15) is 10.2 Å². The van der Waals surface area contributed by atoms with Crippen LogP contribution >= 0.6 is 11.8 Å². The Labute approximate surface area is 390 Å². The number of fused-ring (bicyclic) bond motifs is 3. The number of thioether (sulfide) groups is 1. The molecule has 2 saturated carbocycles. The van der Waals surface area contributed by atoms with E-state index in [1.165, 1.54) is 25.7 Å². The molecule has 0 aromatic heterocycles. The van der Waals surface area contributed by atoms with E-state index >= 15 is 4.79 Å². The van der Waals surface area contributed by atoms with Crippen molar-refractivity contribution in [1.82, 2.24) is 4.90 Å². The summed E-state index contributed by atoms with van der Waals surface area (Å²) >= 11 is 1.69. The number of oxime groups is 1. The van der Waals surface area contributed by atoms with Gasteiger partial charge in [0.15, 0.2) is 0 Å². The van der Waals surface area contributed by atoms with Crippen molar-refractivity contribution >= 4 is 34.2 Å². The smallest absolute Gasteiger partial charge is 0.239 e. The summed E-state index contributed by atoms with van der Waals surface area (Å²) in [7, 11) is 0. The molecule has 1 heterocycles. The summed E-state index contributed by atoms with van der Waals surface area (Å²) in [6.07, 6.45) is 17.5. The number of aliphatic hydroxyl groups is 2. The lowest BCUT2D eigenvalue weighted by molar-refractivity contribution is -0.258. The summed E-state index contributed by atoms with van der Waals surface area (Å²) in [5.74, 6) is 1.16. The van der Waals surface area contributed by atoms with Gasteiger partial charge in [-0.15, -0.1) is 18.3 Å². The fourth-order valence-corrected chi connectivity index (χ4v) is 11.8. The second-order valence-electron chi connectivity index (χ2n) is 18.3. The van der Waals surface area contributed by atoms with Crippen molar-refractivity contribution in [3.63, 3.8) is 0 Å². The molecule has 346 valence electrons. The molecule has 0 spiro atoms. The zero-order valence-electron chi connectivity index (χ0n) is 38.4. The maximum absolute atomic E-state index is 15.4. The monoisotopic (exact) mass is 900 g/mol. The van der Waals surface area contributed by atoms with E-state index in [2.05, 4.69) is 84.5 Å². The lowest BCUT2D eigenvalue weighted by Crippen LogP contribution is -2.70. The zero-order chi connectivity index (χ0) is 45.2. The third kappa shape index (κ3) is 10.4. The van der Waals surface area contributed by atoms with E-state index in [4.69, 9.17) is 24.2 Å². The molecule has 4 aromatic rings. The van der Waals surface area contributed by atoms with Gasteiger partial charge in [-0.2, -0.15) is 0 Å². The first-order valence-corrected chi connectivity index (χ1v) is 25.4. The van der Waals surface area contributed by atoms with Crippen LogP contribution < -0.4 is 9.47 Å². The minimum Gasteiger partial charge on any atom is -0.459 e. The number of hydrogen-bond acceptors (Lipinski definition) is 9. The Hall–Kier alpha value is -4.61. The number of unbranched alkanes of at least 4 members (excludes halogenated alkanes) is 2. The molecule has 6 unspecified atom stereocenters. The highest BCUT2D eigenvalue weighted by Crippen LogP contribution is 2.62. The summed E-state index contributed by atoms with van der Waals surface area (Å²) in [6, 6.07) is 28.5. The van der Waals surface area contributed by atoms with E-state index in [0.29, 0.717) is 56.3 Å². The molecule has 0 bridgehead atoms. The van der Waals surface area contributed by atoms with Crippen LogP contribution in [0.4, 0.5) is 0 Å². The highest BCUT2D eigenvalue weighted by atomic mass is 32.2. The number of rotatable bonds is 22. The predicted octanol–water partition coefficient (Wildman–Crippen LogP) is 12.0. The van der Waals surface area contributed by atoms with Gasteiger partial charge < -0.3 is 34.2 Å². The number of ether oxygens (including phenoxy) is 3. The van der Waals surface area contributed by atoms with Crippen molar-refractivity contribution in [3.05, 3.63) is 120 Å². The lowest BCUT2D eigenvalue weighted by Gasteiger charge is -2.60. The first-order valence-electron chi connectivity index (χ1n) is 24.2. The van der Waals surface area contributed by atoms with Crippen molar-refractivity contribution < 1.29 is 34.1 Å². The zero-order valence-corrected chi connectivity index (χ0v) is 39.2. The van der Waals surface area contributed by atoms with Crippen molar-refractivity contribution in [2.75, 3.05) is 32.7 Å². The standard InChI is InChI=1S/C55H68N2O7S/c1-4-33-61-55-51(57(52(60)30-23-38-15-6-7-16-38)37-41-20-14-19-39-17-8-9-21-45(39)41)36-49(56-62-5-2)47-34-40(18-10-12-31-58)46(22-11-13-32-59)53(54(47)55)48-35-43(26-29-50(48)64-55)63-42-24-27-44(65-3)28-25-42/h4,8-9,14,17,19-21,24-29,34-35,38,40,46,51,53-54,58-59H,1,5-7,10-13,15-16,18,22-23,30-33,36-37H2,2-3H3. The highest BCUT2D eigenvalue weighted by Gasteiger charge is 2.65. The van der Waals surface area contributed by atoms with Gasteiger partial charge in [0.1, 0.15) is 29.9 Å². The van der Waals surface area contributed by atoms with Gasteiger partial charge in [0.2, 0.25) is 11.7 Å². The molecule has 8 rings (SSSR count). The Bertz CT molecular complexity index is 2280. The molecule has 3 aliphatic carbocycles. The number of allylic oxidation sites excluding steroid dienone is 1. The van der Waals surface area contributed by atoms with Crippen molar-refractivity contribution in [3.8, 4) is 17.2 Å². The van der Waals surface area contributed by atoms with Gasteiger partial charge in [-0.1, -0.05) is 98.3 Å². The summed E-state index contributed by atoms with van der Waals surface area (Å²) in [5.41, 5.74) is 3.94. The quantitative estimate of drug-likeness (QED) is 0.0347. The Morgan fingerprint density at radius 3 is 2.45 bits per heavy atom. The number of benzene rings is 4. The van der Waals surface area contributed by atoms with Gasteiger partial charge in [-0.3, -0.25) is 4.79 Å². The van der Waals surface area contributed by atoms with Crippen molar-refractivity contribution in [2.45, 2.75) is 120 Å². The normalized spacial score (nSPS) is 24.2. The van der Waals surface area contributed by atoms with E-state index in [1.54, 1.807) is 17.8 Å². The van der Waals surface area contributed by atoms with Crippen LogP contribution in [0.15, 0.2) is 119 Å². The number of amides is 1. The van der Waals surface area contributed by atoms with Crippen molar-refractivity contribution in [1.29, 1.82) is 0 Å². The molecule has 2 N–H and O–H groups in total. The van der Waals surface area contributed by atoms with Crippen LogP contribution in [0, 0.1) is 23.7 Å². The Morgan fingerprint density at radius 2 is 1.69 bits per heavy atom. The Balaban J connectivity index is 1.32. The van der Waals surface area contributed by atoms with E-state index in [1.807, 2.05) is 31.2 Å². The average molecular weight is 901 g/mol. The number of hydrogen-bond donors (Lipinski definition) is 2. The fraction of sp³-hybridized carbons (Fsp3) is 0.491.